The lowest BCUT2D eigenvalue weighted by atomic mass is 10.2. The molecule has 3 heterocycles. The Hall–Kier alpha value is -3.23. The zero-order valence-corrected chi connectivity index (χ0v) is 28.9. The summed E-state index contributed by atoms with van der Waals surface area (Å²) in [7, 11) is -2.44. The van der Waals surface area contributed by atoms with Crippen molar-refractivity contribution in [2.24, 2.45) is 0 Å². The minimum absolute atomic E-state index is 0.0252. The van der Waals surface area contributed by atoms with Crippen LogP contribution in [0.1, 0.15) is 40.4 Å². The molecule has 2 fully saturated rings. The van der Waals surface area contributed by atoms with Crippen molar-refractivity contribution in [3.8, 4) is 5.75 Å². The summed E-state index contributed by atoms with van der Waals surface area (Å²) in [4.78, 5) is 23.5. The second-order valence-corrected chi connectivity index (χ2v) is 15.9. The molecule has 1 aliphatic heterocycles. The molecule has 1 amide bonds. The highest BCUT2D eigenvalue weighted by Crippen LogP contribution is 2.42. The Bertz CT molecular complexity index is 1760. The van der Waals surface area contributed by atoms with Crippen LogP contribution in [0.25, 0.3) is 10.9 Å². The van der Waals surface area contributed by atoms with Crippen LogP contribution in [0.4, 0.5) is 5.69 Å². The number of nitrogens with one attached hydrogen (secondary N) is 3. The third-order valence-corrected chi connectivity index (χ3v) is 11.8. The van der Waals surface area contributed by atoms with Gasteiger partial charge in [0.2, 0.25) is 0 Å². The van der Waals surface area contributed by atoms with Gasteiger partial charge in [0, 0.05) is 73.4 Å². The maximum Gasteiger partial charge on any atom is 0.279 e. The van der Waals surface area contributed by atoms with Crippen LogP contribution in [0, 0.1) is 0 Å². The highest BCUT2D eigenvalue weighted by atomic mass is 32.2. The number of hydrogen-bond donors (Lipinski definition) is 3. The third kappa shape index (κ3) is 9.02. The van der Waals surface area contributed by atoms with E-state index in [2.05, 4.69) is 49.2 Å². The van der Waals surface area contributed by atoms with Crippen LogP contribution in [0.2, 0.25) is 0 Å². The van der Waals surface area contributed by atoms with Crippen LogP contribution >= 0.6 is 23.5 Å². The number of carbonyl (C=O) groups is 1. The number of H-pyrrole nitrogens is 1. The molecule has 1 aliphatic carbocycles. The molecule has 47 heavy (non-hydrogen) atoms. The molecule has 250 valence electrons. The van der Waals surface area contributed by atoms with Crippen molar-refractivity contribution in [1.82, 2.24) is 20.2 Å². The molecular weight excluding hydrogens is 655 g/mol. The smallest absolute Gasteiger partial charge is 0.279 e. The zero-order chi connectivity index (χ0) is 32.6. The van der Waals surface area contributed by atoms with Crippen molar-refractivity contribution in [2.75, 3.05) is 62.7 Å². The van der Waals surface area contributed by atoms with Crippen molar-refractivity contribution in [1.29, 1.82) is 0 Å². The normalized spacial score (nSPS) is 16.2. The minimum Gasteiger partial charge on any atom is -0.491 e. The standard InChI is InChI=1S/C34H41N5O5S3/c1-43-14-15-44-27-18-26-19-31(37-32(26)30(20-27)38-47(41,42)34-29(25-9-10-25)8-5-11-35-34)33(40)36-21-28(22-39-12-16-45-17-13-39)46-23-24-6-3-2-4-7-24/h2-8,11,18-20,25,28,37-38H,9-10,12-17,21-23H2,1H3,(H,36,40). The molecule has 1 unspecified atom stereocenters. The van der Waals surface area contributed by atoms with E-state index < -0.39 is 10.0 Å². The maximum atomic E-state index is 13.7. The number of benzene rings is 2. The van der Waals surface area contributed by atoms with Gasteiger partial charge in [-0.1, -0.05) is 36.4 Å². The summed E-state index contributed by atoms with van der Waals surface area (Å²) in [6.45, 7) is 4.17. The number of rotatable bonds is 16. The number of fused-ring (bicyclic) bond motifs is 1. The largest absolute Gasteiger partial charge is 0.491 e. The third-order valence-electron chi connectivity index (χ3n) is 8.20. The number of pyridine rings is 1. The van der Waals surface area contributed by atoms with Crippen LogP contribution in [-0.4, -0.2) is 92.5 Å². The first kappa shape index (κ1) is 33.7. The second kappa shape index (κ2) is 15.8. The Balaban J connectivity index is 1.21. The van der Waals surface area contributed by atoms with Crippen molar-refractivity contribution < 1.29 is 22.7 Å². The molecule has 2 aromatic heterocycles. The van der Waals surface area contributed by atoms with Gasteiger partial charge in [0.05, 0.1) is 17.8 Å². The Labute approximate surface area is 284 Å². The minimum atomic E-state index is -4.03. The van der Waals surface area contributed by atoms with Gasteiger partial charge in [-0.15, -0.1) is 0 Å². The first-order valence-electron chi connectivity index (χ1n) is 15.9. The number of amides is 1. The Morgan fingerprint density at radius 2 is 1.91 bits per heavy atom. The van der Waals surface area contributed by atoms with Gasteiger partial charge in [-0.2, -0.15) is 31.9 Å². The highest BCUT2D eigenvalue weighted by molar-refractivity contribution is 7.99. The topological polar surface area (TPSA) is 126 Å². The molecule has 1 atom stereocenters. The van der Waals surface area contributed by atoms with Crippen molar-refractivity contribution in [2.45, 2.75) is 34.8 Å². The second-order valence-electron chi connectivity index (χ2n) is 11.8. The Kier molecular flexibility index (Phi) is 11.3. The number of thioether (sulfide) groups is 2. The van der Waals surface area contributed by atoms with Crippen LogP contribution in [-0.2, 0) is 20.5 Å². The number of nitrogens with zero attached hydrogens (tertiary/aromatic N) is 2. The summed E-state index contributed by atoms with van der Waals surface area (Å²) in [6, 6.07) is 19.1. The molecule has 1 saturated carbocycles. The van der Waals surface area contributed by atoms with Gasteiger partial charge in [0.25, 0.3) is 15.9 Å². The van der Waals surface area contributed by atoms with E-state index in [0.29, 0.717) is 35.5 Å². The van der Waals surface area contributed by atoms with Crippen LogP contribution in [0.3, 0.4) is 0 Å². The molecule has 13 heteroatoms. The predicted molar refractivity (Wildman–Crippen MR) is 190 cm³/mol. The fourth-order valence-electron chi connectivity index (χ4n) is 5.61. The van der Waals surface area contributed by atoms with Gasteiger partial charge in [0.15, 0.2) is 5.03 Å². The lowest BCUT2D eigenvalue weighted by Gasteiger charge is -2.30. The summed E-state index contributed by atoms with van der Waals surface area (Å²) in [6.07, 6.45) is 3.38. The average molecular weight is 696 g/mol. The monoisotopic (exact) mass is 695 g/mol. The summed E-state index contributed by atoms with van der Waals surface area (Å²) in [5.41, 5.74) is 3.08. The number of aromatic nitrogens is 2. The number of aromatic amines is 1. The molecule has 10 nitrogen and oxygen atoms in total. The van der Waals surface area contributed by atoms with Gasteiger partial charge in [-0.3, -0.25) is 9.52 Å². The van der Waals surface area contributed by atoms with Crippen LogP contribution in [0.5, 0.6) is 5.75 Å². The number of sulfonamides is 1. The number of hydrogen-bond acceptors (Lipinski definition) is 9. The lowest BCUT2D eigenvalue weighted by molar-refractivity contribution is 0.0948. The van der Waals surface area contributed by atoms with Crippen molar-refractivity contribution in [3.63, 3.8) is 0 Å². The molecule has 0 radical (unpaired) electrons. The number of methoxy groups -OCH3 is 1. The van der Waals surface area contributed by atoms with Gasteiger partial charge in [-0.25, -0.2) is 4.98 Å². The van der Waals surface area contributed by atoms with Crippen LogP contribution in [0.15, 0.2) is 71.9 Å². The van der Waals surface area contributed by atoms with Gasteiger partial charge >= 0.3 is 0 Å². The molecule has 4 aromatic rings. The fourth-order valence-corrected chi connectivity index (χ4v) is 9.02. The molecule has 0 bridgehead atoms. The fraction of sp³-hybridized carbons (Fsp3) is 0.412. The zero-order valence-electron chi connectivity index (χ0n) is 26.4. The summed E-state index contributed by atoms with van der Waals surface area (Å²) in [5, 5.41) is 4.02. The van der Waals surface area contributed by atoms with E-state index in [-0.39, 0.29) is 34.4 Å². The average Bonchev–Trinajstić information content (AvgIpc) is 3.85. The molecule has 6 rings (SSSR count). The van der Waals surface area contributed by atoms with Gasteiger partial charge in [-0.05, 0) is 48.1 Å². The van der Waals surface area contributed by atoms with E-state index in [1.165, 1.54) is 11.8 Å². The predicted octanol–water partition coefficient (Wildman–Crippen LogP) is 5.35. The lowest BCUT2D eigenvalue weighted by Crippen LogP contribution is -2.42. The molecule has 2 aliphatic rings. The molecular formula is C34H41N5O5S3. The van der Waals surface area contributed by atoms with E-state index >= 15 is 0 Å². The molecule has 3 N–H and O–H groups in total. The number of anilines is 1. The first-order chi connectivity index (χ1) is 22.9. The van der Waals surface area contributed by atoms with Crippen molar-refractivity contribution >= 4 is 56.0 Å². The molecule has 2 aromatic carbocycles. The van der Waals surface area contributed by atoms with Crippen molar-refractivity contribution in [3.05, 3.63) is 83.7 Å². The maximum absolute atomic E-state index is 13.7. The van der Waals surface area contributed by atoms with Gasteiger partial charge < -0.3 is 24.7 Å². The van der Waals surface area contributed by atoms with Gasteiger partial charge in [0.1, 0.15) is 18.1 Å². The van der Waals surface area contributed by atoms with Crippen LogP contribution < -0.4 is 14.8 Å². The number of ether oxygens (including phenoxy) is 2. The van der Waals surface area contributed by atoms with E-state index in [1.54, 1.807) is 31.4 Å². The summed E-state index contributed by atoms with van der Waals surface area (Å²) in [5.74, 6) is 3.52. The SMILES string of the molecule is COCCOc1cc(NS(=O)(=O)c2ncccc2C2CC2)c2[nH]c(C(=O)NCC(CN3CCSCC3)SCc3ccccc3)cc2c1. The quantitative estimate of drug-likeness (QED) is 0.133. The van der Waals surface area contributed by atoms with E-state index in [9.17, 15) is 13.2 Å². The Morgan fingerprint density at radius 1 is 1.11 bits per heavy atom. The Morgan fingerprint density at radius 3 is 2.68 bits per heavy atom. The van der Waals surface area contributed by atoms with E-state index in [1.807, 2.05) is 35.7 Å². The summed E-state index contributed by atoms with van der Waals surface area (Å²) >= 11 is 3.84. The highest BCUT2D eigenvalue weighted by Gasteiger charge is 2.32. The van der Waals surface area contributed by atoms with E-state index in [4.69, 9.17) is 9.47 Å². The first-order valence-corrected chi connectivity index (χ1v) is 19.6. The molecule has 0 spiro atoms. The number of carbonyl (C=O) groups excluding carboxylic acids is 1. The summed E-state index contributed by atoms with van der Waals surface area (Å²) < 4.78 is 41.1. The molecule has 1 saturated heterocycles. The van der Waals surface area contributed by atoms with E-state index in [0.717, 1.165) is 55.3 Å².